The van der Waals surface area contributed by atoms with Crippen molar-refractivity contribution >= 4 is 46.8 Å². The highest BCUT2D eigenvalue weighted by Crippen LogP contribution is 2.25. The van der Waals surface area contributed by atoms with Gasteiger partial charge in [-0.05, 0) is 54.5 Å². The van der Waals surface area contributed by atoms with E-state index in [-0.39, 0.29) is 24.1 Å². The molecule has 3 aromatic rings. The SMILES string of the molecule is C[C@H](NC(=O)COc1ccc(/C=C(\C#N)C(=O)Nc2ccc(Cl)c(Cl)c2)cc1)c1ccccc1. The number of rotatable bonds is 8. The standard InChI is InChI=1S/C26H21Cl2N3O3/c1-17(19-5-3-2-4-6-19)30-25(32)16-34-22-10-7-18(8-11-22)13-20(15-29)26(33)31-21-9-12-23(27)24(28)14-21/h2-14,17H,16H2,1H3,(H,30,32)(H,31,33)/b20-13+/t17-/m0/s1. The summed E-state index contributed by atoms with van der Waals surface area (Å²) in [4.78, 5) is 24.6. The van der Waals surface area contributed by atoms with Crippen LogP contribution >= 0.6 is 23.2 Å². The fourth-order valence-electron chi connectivity index (χ4n) is 3.00. The number of hydrogen-bond donors (Lipinski definition) is 2. The van der Waals surface area contributed by atoms with Crippen LogP contribution in [0.25, 0.3) is 6.08 Å². The number of hydrogen-bond acceptors (Lipinski definition) is 4. The second-order valence-electron chi connectivity index (χ2n) is 7.31. The number of carbonyl (C=O) groups excluding carboxylic acids is 2. The topological polar surface area (TPSA) is 91.2 Å². The minimum atomic E-state index is -0.578. The Kier molecular flexibility index (Phi) is 8.69. The van der Waals surface area contributed by atoms with Crippen LogP contribution in [0, 0.1) is 11.3 Å². The number of nitriles is 1. The van der Waals surface area contributed by atoms with E-state index in [9.17, 15) is 14.9 Å². The summed E-state index contributed by atoms with van der Waals surface area (Å²) in [6, 6.07) is 22.7. The number of anilines is 1. The Labute approximate surface area is 207 Å². The second-order valence-corrected chi connectivity index (χ2v) is 8.12. The van der Waals surface area contributed by atoms with E-state index in [0.717, 1.165) is 5.56 Å². The van der Waals surface area contributed by atoms with Crippen LogP contribution in [0.4, 0.5) is 5.69 Å². The number of benzene rings is 3. The largest absolute Gasteiger partial charge is 0.484 e. The smallest absolute Gasteiger partial charge is 0.266 e. The molecule has 34 heavy (non-hydrogen) atoms. The molecule has 2 amide bonds. The average Bonchev–Trinajstić information content (AvgIpc) is 2.84. The zero-order chi connectivity index (χ0) is 24.5. The first-order chi connectivity index (χ1) is 16.4. The molecule has 0 aliphatic heterocycles. The van der Waals surface area contributed by atoms with Crippen molar-refractivity contribution in [2.24, 2.45) is 0 Å². The molecule has 1 atom stereocenters. The van der Waals surface area contributed by atoms with Gasteiger partial charge in [0, 0.05) is 5.69 Å². The van der Waals surface area contributed by atoms with E-state index in [1.807, 2.05) is 43.3 Å². The monoisotopic (exact) mass is 493 g/mol. The van der Waals surface area contributed by atoms with Crippen molar-refractivity contribution in [3.63, 3.8) is 0 Å². The molecule has 0 spiro atoms. The van der Waals surface area contributed by atoms with Gasteiger partial charge < -0.3 is 15.4 Å². The number of ether oxygens (including phenoxy) is 1. The molecule has 8 heteroatoms. The Morgan fingerprint density at radius 3 is 2.38 bits per heavy atom. The predicted octanol–water partition coefficient (Wildman–Crippen LogP) is 5.80. The summed E-state index contributed by atoms with van der Waals surface area (Å²) < 4.78 is 5.54. The molecule has 0 unspecified atom stereocenters. The quantitative estimate of drug-likeness (QED) is 0.306. The molecular weight excluding hydrogens is 473 g/mol. The molecule has 0 fully saturated rings. The van der Waals surface area contributed by atoms with Crippen LogP contribution < -0.4 is 15.4 Å². The minimum absolute atomic E-state index is 0.0889. The van der Waals surface area contributed by atoms with Crippen molar-refractivity contribution in [3.05, 3.63) is 99.5 Å². The van der Waals surface area contributed by atoms with Gasteiger partial charge in [-0.2, -0.15) is 5.26 Å². The molecule has 0 aliphatic rings. The van der Waals surface area contributed by atoms with Crippen LogP contribution in [0.2, 0.25) is 10.0 Å². The summed E-state index contributed by atoms with van der Waals surface area (Å²) in [5.41, 5.74) is 1.96. The first-order valence-corrected chi connectivity index (χ1v) is 11.1. The van der Waals surface area contributed by atoms with Crippen molar-refractivity contribution in [3.8, 4) is 11.8 Å². The summed E-state index contributed by atoms with van der Waals surface area (Å²) in [5.74, 6) is -0.338. The van der Waals surface area contributed by atoms with Crippen LogP contribution in [-0.4, -0.2) is 18.4 Å². The summed E-state index contributed by atoms with van der Waals surface area (Å²) in [5, 5.41) is 15.5. The van der Waals surface area contributed by atoms with E-state index in [0.29, 0.717) is 27.0 Å². The fraction of sp³-hybridized carbons (Fsp3) is 0.115. The van der Waals surface area contributed by atoms with Crippen LogP contribution in [0.5, 0.6) is 5.75 Å². The number of nitrogens with zero attached hydrogens (tertiary/aromatic N) is 1. The van der Waals surface area contributed by atoms with Gasteiger partial charge in [-0.15, -0.1) is 0 Å². The lowest BCUT2D eigenvalue weighted by Crippen LogP contribution is -2.31. The third-order valence-electron chi connectivity index (χ3n) is 4.78. The number of halogens is 2. The van der Waals surface area contributed by atoms with E-state index in [1.54, 1.807) is 36.4 Å². The van der Waals surface area contributed by atoms with E-state index >= 15 is 0 Å². The van der Waals surface area contributed by atoms with E-state index in [2.05, 4.69) is 10.6 Å². The van der Waals surface area contributed by atoms with Crippen LogP contribution in [0.1, 0.15) is 24.1 Å². The summed E-state index contributed by atoms with van der Waals surface area (Å²) in [6.07, 6.45) is 1.45. The molecule has 0 radical (unpaired) electrons. The van der Waals surface area contributed by atoms with Gasteiger partial charge >= 0.3 is 0 Å². The van der Waals surface area contributed by atoms with Gasteiger partial charge in [0.05, 0.1) is 16.1 Å². The molecule has 3 aromatic carbocycles. The van der Waals surface area contributed by atoms with Crippen molar-refractivity contribution in [2.75, 3.05) is 11.9 Å². The van der Waals surface area contributed by atoms with Crippen LogP contribution in [0.15, 0.2) is 78.4 Å². The van der Waals surface area contributed by atoms with E-state index in [4.69, 9.17) is 27.9 Å². The fourth-order valence-corrected chi connectivity index (χ4v) is 3.30. The van der Waals surface area contributed by atoms with Crippen LogP contribution in [0.3, 0.4) is 0 Å². The Morgan fingerprint density at radius 1 is 1.03 bits per heavy atom. The third-order valence-corrected chi connectivity index (χ3v) is 5.52. The zero-order valence-corrected chi connectivity index (χ0v) is 19.7. The van der Waals surface area contributed by atoms with Gasteiger partial charge in [-0.25, -0.2) is 0 Å². The highest BCUT2D eigenvalue weighted by molar-refractivity contribution is 6.42. The Bertz CT molecular complexity index is 1240. The lowest BCUT2D eigenvalue weighted by molar-refractivity contribution is -0.123. The molecule has 172 valence electrons. The third kappa shape index (κ3) is 7.11. The Morgan fingerprint density at radius 2 is 1.74 bits per heavy atom. The molecule has 2 N–H and O–H groups in total. The molecule has 0 saturated carbocycles. The number of amides is 2. The van der Waals surface area contributed by atoms with Crippen molar-refractivity contribution in [1.29, 1.82) is 5.26 Å². The lowest BCUT2D eigenvalue weighted by atomic mass is 10.1. The summed E-state index contributed by atoms with van der Waals surface area (Å²) in [7, 11) is 0. The lowest BCUT2D eigenvalue weighted by Gasteiger charge is -2.14. The summed E-state index contributed by atoms with van der Waals surface area (Å²) >= 11 is 11.8. The second kappa shape index (κ2) is 11.9. The normalized spacial score (nSPS) is 11.8. The highest BCUT2D eigenvalue weighted by Gasteiger charge is 2.12. The van der Waals surface area contributed by atoms with Crippen molar-refractivity contribution in [2.45, 2.75) is 13.0 Å². The number of nitrogens with one attached hydrogen (secondary N) is 2. The molecule has 6 nitrogen and oxygen atoms in total. The molecular formula is C26H21Cl2N3O3. The predicted molar refractivity (Wildman–Crippen MR) is 134 cm³/mol. The maximum atomic E-state index is 12.4. The molecule has 3 rings (SSSR count). The van der Waals surface area contributed by atoms with E-state index < -0.39 is 5.91 Å². The van der Waals surface area contributed by atoms with Crippen molar-refractivity contribution < 1.29 is 14.3 Å². The van der Waals surface area contributed by atoms with Gasteiger partial charge in [0.2, 0.25) is 0 Å². The molecule has 0 aliphatic carbocycles. The molecule has 0 aromatic heterocycles. The van der Waals surface area contributed by atoms with Gasteiger partial charge in [-0.3, -0.25) is 9.59 Å². The van der Waals surface area contributed by atoms with Gasteiger partial charge in [0.25, 0.3) is 11.8 Å². The average molecular weight is 494 g/mol. The first kappa shape index (κ1) is 24.8. The molecule has 0 bridgehead atoms. The maximum absolute atomic E-state index is 12.4. The maximum Gasteiger partial charge on any atom is 0.266 e. The van der Waals surface area contributed by atoms with Crippen LogP contribution in [-0.2, 0) is 9.59 Å². The molecule has 0 saturated heterocycles. The number of carbonyl (C=O) groups is 2. The van der Waals surface area contributed by atoms with Gasteiger partial charge in [0.1, 0.15) is 17.4 Å². The van der Waals surface area contributed by atoms with Crippen molar-refractivity contribution in [1.82, 2.24) is 5.32 Å². The molecule has 0 heterocycles. The first-order valence-electron chi connectivity index (χ1n) is 10.3. The Hall–Kier alpha value is -3.79. The Balaban J connectivity index is 1.56. The summed E-state index contributed by atoms with van der Waals surface area (Å²) in [6.45, 7) is 1.76. The van der Waals surface area contributed by atoms with Gasteiger partial charge in [-0.1, -0.05) is 65.7 Å². The van der Waals surface area contributed by atoms with Gasteiger partial charge in [0.15, 0.2) is 6.61 Å². The minimum Gasteiger partial charge on any atom is -0.484 e. The highest BCUT2D eigenvalue weighted by atomic mass is 35.5. The van der Waals surface area contributed by atoms with E-state index in [1.165, 1.54) is 12.1 Å². The zero-order valence-electron chi connectivity index (χ0n) is 18.2.